The van der Waals surface area contributed by atoms with E-state index >= 15 is 0 Å². The number of sulfone groups is 1. The third-order valence-electron chi connectivity index (χ3n) is 4.55. The summed E-state index contributed by atoms with van der Waals surface area (Å²) in [5.41, 5.74) is 2.51. The fraction of sp³-hybridized carbons (Fsp3) is 0.217. The zero-order chi connectivity index (χ0) is 24.7. The molecule has 3 rings (SSSR count). The van der Waals surface area contributed by atoms with Gasteiger partial charge >= 0.3 is 0 Å². The number of ether oxygens (including phenoxy) is 2. The Bertz CT molecular complexity index is 1370. The van der Waals surface area contributed by atoms with E-state index in [0.717, 1.165) is 17.4 Å². The number of nitrogens with zero attached hydrogens (tertiary/aromatic N) is 3. The molecule has 0 spiro atoms. The fourth-order valence-electron chi connectivity index (χ4n) is 2.82. The molecule has 1 amide bonds. The Morgan fingerprint density at radius 2 is 1.97 bits per heavy atom. The highest BCUT2D eigenvalue weighted by molar-refractivity contribution is 7.90. The van der Waals surface area contributed by atoms with E-state index in [1.165, 1.54) is 6.08 Å². The summed E-state index contributed by atoms with van der Waals surface area (Å²) in [6, 6.07) is 14.8. The van der Waals surface area contributed by atoms with E-state index in [4.69, 9.17) is 9.47 Å². The van der Waals surface area contributed by atoms with E-state index in [9.17, 15) is 18.5 Å². The first kappa shape index (κ1) is 24.9. The molecule has 1 aromatic heterocycles. The van der Waals surface area contributed by atoms with Crippen LogP contribution < -0.4 is 14.8 Å². The van der Waals surface area contributed by atoms with Gasteiger partial charge in [0.1, 0.15) is 18.2 Å². The number of aromatic nitrogens is 2. The highest BCUT2D eigenvalue weighted by atomic mass is 32.2. The summed E-state index contributed by atoms with van der Waals surface area (Å²) in [5, 5.41) is 11.4. The van der Waals surface area contributed by atoms with E-state index in [-0.39, 0.29) is 10.7 Å². The van der Waals surface area contributed by atoms with E-state index in [2.05, 4.69) is 14.7 Å². The molecule has 34 heavy (non-hydrogen) atoms. The van der Waals surface area contributed by atoms with Crippen LogP contribution in [0.25, 0.3) is 6.08 Å². The van der Waals surface area contributed by atoms with Crippen LogP contribution in [0.2, 0.25) is 0 Å². The Labute approximate surface area is 201 Å². The molecular formula is C23H22N4O5S2. The van der Waals surface area contributed by atoms with Crippen LogP contribution in [0, 0.1) is 18.3 Å². The van der Waals surface area contributed by atoms with Crippen LogP contribution in [0.1, 0.15) is 23.6 Å². The Hall–Kier alpha value is -3.75. The number of nitrogens with one attached hydrogen (secondary N) is 1. The normalized spacial score (nSPS) is 11.5. The van der Waals surface area contributed by atoms with Gasteiger partial charge in [-0.3, -0.25) is 10.1 Å². The van der Waals surface area contributed by atoms with E-state index in [0.29, 0.717) is 41.8 Å². The molecule has 0 saturated carbocycles. The van der Waals surface area contributed by atoms with Crippen molar-refractivity contribution in [2.45, 2.75) is 25.6 Å². The molecule has 3 aromatic rings. The van der Waals surface area contributed by atoms with Crippen molar-refractivity contribution < 1.29 is 22.7 Å². The third kappa shape index (κ3) is 6.40. The Kier molecular flexibility index (Phi) is 7.99. The summed E-state index contributed by atoms with van der Waals surface area (Å²) in [7, 11) is -3.60. The zero-order valence-corrected chi connectivity index (χ0v) is 20.4. The molecule has 0 bridgehead atoms. The van der Waals surface area contributed by atoms with Gasteiger partial charge in [0, 0.05) is 17.8 Å². The summed E-state index contributed by atoms with van der Waals surface area (Å²) in [6.07, 6.45) is 2.35. The topological polar surface area (TPSA) is 131 Å². The number of anilines is 1. The highest BCUT2D eigenvalue weighted by Crippen LogP contribution is 2.30. The Balaban J connectivity index is 1.79. The lowest BCUT2D eigenvalue weighted by Gasteiger charge is -2.14. The number of hydrogen-bond acceptors (Lipinski definition) is 9. The highest BCUT2D eigenvalue weighted by Gasteiger charge is 2.18. The maximum atomic E-state index is 12.5. The van der Waals surface area contributed by atoms with Crippen molar-refractivity contribution in [1.29, 1.82) is 5.26 Å². The Morgan fingerprint density at radius 3 is 2.62 bits per heavy atom. The van der Waals surface area contributed by atoms with E-state index in [1.54, 1.807) is 18.2 Å². The molecule has 0 fully saturated rings. The van der Waals surface area contributed by atoms with Gasteiger partial charge in [-0.15, -0.1) is 0 Å². The van der Waals surface area contributed by atoms with Crippen molar-refractivity contribution in [3.63, 3.8) is 0 Å². The van der Waals surface area contributed by atoms with Gasteiger partial charge in [-0.05, 0) is 48.7 Å². The number of hydrogen-bond donors (Lipinski definition) is 1. The van der Waals surface area contributed by atoms with Gasteiger partial charge in [0.15, 0.2) is 11.5 Å². The van der Waals surface area contributed by atoms with Crippen LogP contribution in [0.3, 0.4) is 0 Å². The van der Waals surface area contributed by atoms with E-state index < -0.39 is 20.9 Å². The SMILES string of the molecule is CCOc1cc(/C=C(/C#N)C(=O)Nc2nc(S(C)(=O)=O)ns2)ccc1OCc1ccccc1C. The van der Waals surface area contributed by atoms with Crippen LogP contribution >= 0.6 is 11.5 Å². The van der Waals surface area contributed by atoms with Crippen LogP contribution in [0.15, 0.2) is 53.2 Å². The van der Waals surface area contributed by atoms with Gasteiger partial charge in [-0.1, -0.05) is 30.3 Å². The van der Waals surface area contributed by atoms with Crippen molar-refractivity contribution >= 4 is 38.5 Å². The fourth-order valence-corrected chi connectivity index (χ4v) is 4.26. The van der Waals surface area contributed by atoms with Crippen LogP contribution in [0.4, 0.5) is 5.13 Å². The maximum absolute atomic E-state index is 12.5. The van der Waals surface area contributed by atoms with Crippen molar-refractivity contribution in [3.8, 4) is 17.6 Å². The lowest BCUT2D eigenvalue weighted by molar-refractivity contribution is -0.112. The lowest BCUT2D eigenvalue weighted by Crippen LogP contribution is -2.13. The molecule has 0 aliphatic heterocycles. The number of carbonyl (C=O) groups is 1. The van der Waals surface area contributed by atoms with Crippen molar-refractivity contribution in [1.82, 2.24) is 9.36 Å². The van der Waals surface area contributed by atoms with E-state index in [1.807, 2.05) is 44.2 Å². The van der Waals surface area contributed by atoms with Crippen LogP contribution in [-0.4, -0.2) is 36.5 Å². The van der Waals surface area contributed by atoms with Gasteiger partial charge < -0.3 is 9.47 Å². The number of amides is 1. The smallest absolute Gasteiger partial charge is 0.268 e. The summed E-state index contributed by atoms with van der Waals surface area (Å²) in [5.74, 6) is 0.272. The zero-order valence-electron chi connectivity index (χ0n) is 18.7. The van der Waals surface area contributed by atoms with Gasteiger partial charge in [0.05, 0.1) is 6.61 Å². The minimum absolute atomic E-state index is 0.0264. The van der Waals surface area contributed by atoms with Crippen molar-refractivity contribution in [2.24, 2.45) is 0 Å². The molecule has 2 aromatic carbocycles. The molecule has 0 aliphatic carbocycles. The summed E-state index contributed by atoms with van der Waals surface area (Å²) in [6.45, 7) is 4.62. The number of carbonyl (C=O) groups excluding carboxylic acids is 1. The average molecular weight is 499 g/mol. The first-order valence-corrected chi connectivity index (χ1v) is 12.8. The molecule has 11 heteroatoms. The van der Waals surface area contributed by atoms with Crippen molar-refractivity contribution in [3.05, 3.63) is 64.7 Å². The molecule has 1 N–H and O–H groups in total. The number of nitriles is 1. The number of benzene rings is 2. The van der Waals surface area contributed by atoms with Gasteiger partial charge in [0.25, 0.3) is 11.1 Å². The molecule has 0 atom stereocenters. The largest absolute Gasteiger partial charge is 0.490 e. The first-order valence-electron chi connectivity index (χ1n) is 10.1. The maximum Gasteiger partial charge on any atom is 0.268 e. The van der Waals surface area contributed by atoms with Gasteiger partial charge in [-0.2, -0.15) is 14.6 Å². The summed E-state index contributed by atoms with van der Waals surface area (Å²) in [4.78, 5) is 16.3. The van der Waals surface area contributed by atoms with Gasteiger partial charge in [0.2, 0.25) is 15.0 Å². The minimum Gasteiger partial charge on any atom is -0.490 e. The molecule has 0 radical (unpaired) electrons. The molecule has 176 valence electrons. The number of rotatable bonds is 9. The van der Waals surface area contributed by atoms with Crippen LogP contribution in [-0.2, 0) is 21.2 Å². The Morgan fingerprint density at radius 1 is 1.21 bits per heavy atom. The quantitative estimate of drug-likeness (QED) is 0.348. The lowest BCUT2D eigenvalue weighted by atomic mass is 10.1. The molecule has 0 unspecified atom stereocenters. The van der Waals surface area contributed by atoms with Crippen LogP contribution in [0.5, 0.6) is 11.5 Å². The summed E-state index contributed by atoms with van der Waals surface area (Å²) < 4.78 is 38.3. The third-order valence-corrected chi connectivity index (χ3v) is 6.14. The molecule has 9 nitrogen and oxygen atoms in total. The second kappa shape index (κ2) is 10.9. The second-order valence-corrected chi connectivity index (χ2v) is 9.79. The molecule has 0 aliphatic rings. The number of aryl methyl sites for hydroxylation is 1. The first-order chi connectivity index (χ1) is 16.2. The second-order valence-electron chi connectivity index (χ2n) is 7.13. The molecule has 1 heterocycles. The minimum atomic E-state index is -3.60. The predicted octanol–water partition coefficient (Wildman–Crippen LogP) is 3.77. The average Bonchev–Trinajstić information content (AvgIpc) is 3.27. The standard InChI is InChI=1S/C23H22N4O5S2/c1-4-31-20-12-16(9-10-19(20)32-14-17-8-6-5-7-15(17)2)11-18(13-24)21(28)25-22-26-23(27-33-22)34(3,29)30/h5-12H,4,14H2,1-3H3,(H,25,26,27,28)/b18-11-. The predicted molar refractivity (Wildman–Crippen MR) is 128 cm³/mol. The molecular weight excluding hydrogens is 476 g/mol. The molecule has 0 saturated heterocycles. The van der Waals surface area contributed by atoms with Gasteiger partial charge in [-0.25, -0.2) is 8.42 Å². The monoisotopic (exact) mass is 498 g/mol. The van der Waals surface area contributed by atoms with Crippen molar-refractivity contribution in [2.75, 3.05) is 18.2 Å². The summed E-state index contributed by atoms with van der Waals surface area (Å²) >= 11 is 0.709.